The molecule has 2 heteroatoms. The van der Waals surface area contributed by atoms with E-state index in [1.54, 1.807) is 0 Å². The number of carbonyl (C=O) groups excluding carboxylic acids is 1. The summed E-state index contributed by atoms with van der Waals surface area (Å²) in [6, 6.07) is 5.81. The molecule has 12 heavy (non-hydrogen) atoms. The van der Waals surface area contributed by atoms with E-state index in [1.165, 1.54) is 5.56 Å². The summed E-state index contributed by atoms with van der Waals surface area (Å²) in [6.07, 6.45) is 0.972. The van der Waals surface area contributed by atoms with Crippen LogP contribution in [0.25, 0.3) is 0 Å². The van der Waals surface area contributed by atoms with Crippen molar-refractivity contribution in [3.63, 3.8) is 0 Å². The fraction of sp³-hybridized carbons (Fsp3) is 0.300. The van der Waals surface area contributed by atoms with E-state index >= 15 is 0 Å². The highest BCUT2D eigenvalue weighted by Gasteiger charge is 2.06. The summed E-state index contributed by atoms with van der Waals surface area (Å²) in [4.78, 5) is 11.1. The van der Waals surface area contributed by atoms with E-state index in [2.05, 4.69) is 28.9 Å². The van der Waals surface area contributed by atoms with Gasteiger partial charge in [-0.05, 0) is 40.4 Å². The fourth-order valence-electron chi connectivity index (χ4n) is 1.28. The molecule has 0 radical (unpaired) electrons. The Morgan fingerprint density at radius 1 is 1.50 bits per heavy atom. The summed E-state index contributed by atoms with van der Waals surface area (Å²) in [6.45, 7) is 4.07. The summed E-state index contributed by atoms with van der Waals surface area (Å²) >= 11 is 2.96. The molecular weight excluding hydrogens is 216 g/mol. The number of benzene rings is 1. The molecule has 1 nitrogen and oxygen atoms in total. The molecule has 0 N–H and O–H groups in total. The predicted molar refractivity (Wildman–Crippen MR) is 53.8 cm³/mol. The van der Waals surface area contributed by atoms with Crippen LogP contribution >= 0.6 is 15.9 Å². The minimum atomic E-state index is -0.0321. The first-order valence-electron chi connectivity index (χ1n) is 3.95. The second-order valence-corrected chi connectivity index (χ2v) is 3.44. The SMILES string of the molecule is CCc1cccc(C(=O)Br)c1C. The standard InChI is InChI=1S/C10H11BrO/c1-3-8-5-4-6-9(7(8)2)10(11)12/h4-6H,3H2,1-2H3. The maximum Gasteiger partial charge on any atom is 0.228 e. The lowest BCUT2D eigenvalue weighted by atomic mass is 10.0. The second kappa shape index (κ2) is 3.85. The van der Waals surface area contributed by atoms with E-state index in [1.807, 2.05) is 19.1 Å². The summed E-state index contributed by atoms with van der Waals surface area (Å²) < 4.78 is -0.0321. The lowest BCUT2D eigenvalue weighted by Crippen LogP contribution is -1.96. The van der Waals surface area contributed by atoms with Gasteiger partial charge in [-0.25, -0.2) is 0 Å². The third-order valence-electron chi connectivity index (χ3n) is 2.04. The maximum absolute atomic E-state index is 11.1. The van der Waals surface area contributed by atoms with Crippen LogP contribution in [-0.2, 0) is 6.42 Å². The summed E-state index contributed by atoms with van der Waals surface area (Å²) in [5.74, 6) is 0. The minimum Gasteiger partial charge on any atom is -0.281 e. The van der Waals surface area contributed by atoms with Crippen molar-refractivity contribution in [3.8, 4) is 0 Å². The number of aryl methyl sites for hydroxylation is 1. The van der Waals surface area contributed by atoms with E-state index in [4.69, 9.17) is 0 Å². The largest absolute Gasteiger partial charge is 0.281 e. The average Bonchev–Trinajstić information content (AvgIpc) is 2.04. The molecule has 64 valence electrons. The molecule has 0 aliphatic heterocycles. The van der Waals surface area contributed by atoms with Gasteiger partial charge >= 0.3 is 0 Å². The molecule has 0 atom stereocenters. The molecule has 1 aromatic carbocycles. The molecule has 0 saturated carbocycles. The zero-order valence-corrected chi connectivity index (χ0v) is 8.81. The predicted octanol–water partition coefficient (Wildman–Crippen LogP) is 3.09. The van der Waals surface area contributed by atoms with E-state index in [9.17, 15) is 4.79 Å². The number of carbonyl (C=O) groups is 1. The number of hydrogen-bond donors (Lipinski definition) is 0. The van der Waals surface area contributed by atoms with Crippen LogP contribution in [0.4, 0.5) is 0 Å². The van der Waals surface area contributed by atoms with Crippen LogP contribution < -0.4 is 0 Å². The molecule has 0 heterocycles. The highest BCUT2D eigenvalue weighted by molar-refractivity contribution is 9.18. The van der Waals surface area contributed by atoms with Crippen molar-refractivity contribution < 1.29 is 4.79 Å². The van der Waals surface area contributed by atoms with Gasteiger partial charge < -0.3 is 0 Å². The first-order chi connectivity index (χ1) is 5.66. The van der Waals surface area contributed by atoms with Gasteiger partial charge in [0.1, 0.15) is 0 Å². The topological polar surface area (TPSA) is 17.1 Å². The summed E-state index contributed by atoms with van der Waals surface area (Å²) in [5.41, 5.74) is 3.09. The van der Waals surface area contributed by atoms with Crippen LogP contribution in [0, 0.1) is 6.92 Å². The maximum atomic E-state index is 11.1. The van der Waals surface area contributed by atoms with E-state index in [0.29, 0.717) is 0 Å². The Labute approximate surface area is 80.9 Å². The van der Waals surface area contributed by atoms with Gasteiger partial charge in [-0.3, -0.25) is 4.79 Å². The van der Waals surface area contributed by atoms with Gasteiger partial charge in [0.2, 0.25) is 4.69 Å². The molecule has 0 unspecified atom stereocenters. The van der Waals surface area contributed by atoms with Gasteiger partial charge in [0.25, 0.3) is 0 Å². The highest BCUT2D eigenvalue weighted by Crippen LogP contribution is 2.16. The molecule has 0 saturated heterocycles. The van der Waals surface area contributed by atoms with Gasteiger partial charge in [0, 0.05) is 5.56 Å². The van der Waals surface area contributed by atoms with Crippen LogP contribution in [0.15, 0.2) is 18.2 Å². The Bertz CT molecular complexity index is 305. The molecule has 0 aromatic heterocycles. The van der Waals surface area contributed by atoms with Crippen molar-refractivity contribution in [2.75, 3.05) is 0 Å². The molecule has 0 fully saturated rings. The molecule has 0 spiro atoms. The van der Waals surface area contributed by atoms with Crippen molar-refractivity contribution in [2.24, 2.45) is 0 Å². The van der Waals surface area contributed by atoms with Gasteiger partial charge in [-0.15, -0.1) is 0 Å². The van der Waals surface area contributed by atoms with Crippen molar-refractivity contribution in [2.45, 2.75) is 20.3 Å². The zero-order chi connectivity index (χ0) is 9.14. The van der Waals surface area contributed by atoms with E-state index in [0.717, 1.165) is 17.5 Å². The lowest BCUT2D eigenvalue weighted by Gasteiger charge is -2.05. The summed E-state index contributed by atoms with van der Waals surface area (Å²) in [5, 5.41) is 0. The average molecular weight is 227 g/mol. The summed E-state index contributed by atoms with van der Waals surface area (Å²) in [7, 11) is 0. The van der Waals surface area contributed by atoms with E-state index in [-0.39, 0.29) is 4.69 Å². The van der Waals surface area contributed by atoms with Crippen LogP contribution in [0.2, 0.25) is 0 Å². The molecule has 0 amide bonds. The highest BCUT2D eigenvalue weighted by atomic mass is 79.9. The number of halogens is 1. The van der Waals surface area contributed by atoms with Crippen LogP contribution in [-0.4, -0.2) is 4.69 Å². The molecule has 0 aliphatic carbocycles. The van der Waals surface area contributed by atoms with Crippen molar-refractivity contribution >= 4 is 20.6 Å². The third kappa shape index (κ3) is 1.75. The molecular formula is C10H11BrO. The Morgan fingerprint density at radius 2 is 2.17 bits per heavy atom. The Balaban J connectivity index is 3.23. The van der Waals surface area contributed by atoms with Crippen molar-refractivity contribution in [1.29, 1.82) is 0 Å². The number of hydrogen-bond acceptors (Lipinski definition) is 1. The number of rotatable bonds is 2. The van der Waals surface area contributed by atoms with Gasteiger partial charge in [-0.2, -0.15) is 0 Å². The molecule has 0 aliphatic rings. The smallest absolute Gasteiger partial charge is 0.228 e. The Hall–Kier alpha value is -0.630. The quantitative estimate of drug-likeness (QED) is 0.709. The monoisotopic (exact) mass is 226 g/mol. The molecule has 1 rings (SSSR count). The van der Waals surface area contributed by atoms with Gasteiger partial charge in [-0.1, -0.05) is 25.1 Å². The first-order valence-corrected chi connectivity index (χ1v) is 4.74. The van der Waals surface area contributed by atoms with Gasteiger partial charge in [0.15, 0.2) is 0 Å². The zero-order valence-electron chi connectivity index (χ0n) is 7.23. The normalized spacial score (nSPS) is 9.92. The lowest BCUT2D eigenvalue weighted by molar-refractivity contribution is 0.109. The fourth-order valence-corrected chi connectivity index (χ4v) is 1.71. The third-order valence-corrected chi connectivity index (χ3v) is 2.47. The Morgan fingerprint density at radius 3 is 2.67 bits per heavy atom. The van der Waals surface area contributed by atoms with E-state index < -0.39 is 0 Å². The van der Waals surface area contributed by atoms with Crippen LogP contribution in [0.1, 0.15) is 28.4 Å². The molecule has 0 bridgehead atoms. The first kappa shape index (κ1) is 9.46. The molecule has 1 aromatic rings. The van der Waals surface area contributed by atoms with Crippen LogP contribution in [0.5, 0.6) is 0 Å². The van der Waals surface area contributed by atoms with Crippen molar-refractivity contribution in [1.82, 2.24) is 0 Å². The Kier molecular flexibility index (Phi) is 3.04. The van der Waals surface area contributed by atoms with Crippen LogP contribution in [0.3, 0.4) is 0 Å². The second-order valence-electron chi connectivity index (χ2n) is 2.72. The minimum absolute atomic E-state index is 0.0321. The van der Waals surface area contributed by atoms with Crippen molar-refractivity contribution in [3.05, 3.63) is 34.9 Å². The van der Waals surface area contributed by atoms with Gasteiger partial charge in [0.05, 0.1) is 0 Å².